The van der Waals surface area contributed by atoms with E-state index in [1.165, 1.54) is 0 Å². The molecule has 2 amide bonds. The van der Waals surface area contributed by atoms with E-state index in [9.17, 15) is 9.59 Å². The Balaban J connectivity index is 1.48. The number of benzene rings is 3. The Hall–Kier alpha value is -4.46. The van der Waals surface area contributed by atoms with Crippen LogP contribution in [0.25, 0.3) is 0 Å². The van der Waals surface area contributed by atoms with Crippen LogP contribution in [0.1, 0.15) is 59.5 Å². The van der Waals surface area contributed by atoms with Crippen molar-refractivity contribution < 1.29 is 9.59 Å². The number of carbonyl (C=O) groups excluding carboxylic acids is 2. The third-order valence-electron chi connectivity index (χ3n) is 6.21. The highest BCUT2D eigenvalue weighted by atomic mass is 16.2. The highest BCUT2D eigenvalue weighted by Crippen LogP contribution is 2.16. The smallest absolute Gasteiger partial charge is 0.271 e. The molecule has 0 atom stereocenters. The van der Waals surface area contributed by atoms with E-state index in [1.54, 1.807) is 36.7 Å². The van der Waals surface area contributed by atoms with Gasteiger partial charge in [-0.15, -0.1) is 0 Å². The minimum Gasteiger partial charge on any atom is -0.372 e. The van der Waals surface area contributed by atoms with Gasteiger partial charge in [0.2, 0.25) is 0 Å². The average Bonchev–Trinajstić information content (AvgIpc) is 2.96. The number of carbonyl (C=O) groups is 2. The zero-order valence-electron chi connectivity index (χ0n) is 22.5. The molecule has 2 N–H and O–H groups in total. The molecule has 0 aliphatic heterocycles. The zero-order chi connectivity index (χ0) is 27.3. The van der Waals surface area contributed by atoms with Crippen molar-refractivity contribution in [2.24, 2.45) is 10.2 Å². The van der Waals surface area contributed by atoms with Gasteiger partial charge in [0.15, 0.2) is 0 Å². The van der Waals surface area contributed by atoms with Crippen molar-refractivity contribution in [3.63, 3.8) is 0 Å². The van der Waals surface area contributed by atoms with E-state index in [1.807, 2.05) is 48.5 Å². The summed E-state index contributed by atoms with van der Waals surface area (Å²) < 4.78 is 0. The lowest BCUT2D eigenvalue weighted by molar-refractivity contribution is 0.0947. The molecule has 0 bridgehead atoms. The Bertz CT molecular complexity index is 1130. The molecule has 3 aromatic carbocycles. The average molecular weight is 513 g/mol. The van der Waals surface area contributed by atoms with Crippen LogP contribution in [-0.2, 0) is 0 Å². The van der Waals surface area contributed by atoms with E-state index in [2.05, 4.69) is 58.5 Å². The van der Waals surface area contributed by atoms with E-state index >= 15 is 0 Å². The van der Waals surface area contributed by atoms with Crippen LogP contribution in [0.3, 0.4) is 0 Å². The Kier molecular flexibility index (Phi) is 10.6. The highest BCUT2D eigenvalue weighted by Gasteiger charge is 2.07. The third-order valence-corrected chi connectivity index (χ3v) is 6.21. The predicted octanol–water partition coefficient (Wildman–Crippen LogP) is 4.91. The fraction of sp³-hybridized carbons (Fsp3) is 0.267. The number of amides is 2. The van der Waals surface area contributed by atoms with Crippen molar-refractivity contribution in [2.45, 2.75) is 27.7 Å². The summed E-state index contributed by atoms with van der Waals surface area (Å²) in [6.45, 7) is 12.1. The van der Waals surface area contributed by atoms with Gasteiger partial charge in [-0.25, -0.2) is 10.9 Å². The maximum atomic E-state index is 12.4. The fourth-order valence-corrected chi connectivity index (χ4v) is 3.95. The second kappa shape index (κ2) is 14.3. The molecule has 0 unspecified atom stereocenters. The van der Waals surface area contributed by atoms with E-state index in [0.29, 0.717) is 11.1 Å². The molecule has 0 radical (unpaired) electrons. The van der Waals surface area contributed by atoms with Crippen molar-refractivity contribution in [2.75, 3.05) is 36.0 Å². The minimum atomic E-state index is -0.269. The maximum Gasteiger partial charge on any atom is 0.271 e. The molecule has 0 fully saturated rings. The van der Waals surface area contributed by atoms with Gasteiger partial charge < -0.3 is 9.80 Å². The molecule has 0 spiro atoms. The van der Waals surface area contributed by atoms with Crippen LogP contribution < -0.4 is 20.7 Å². The van der Waals surface area contributed by atoms with Gasteiger partial charge in [-0.05, 0) is 87.4 Å². The first kappa shape index (κ1) is 28.1. The molecular formula is C30H36N6O2. The lowest BCUT2D eigenvalue weighted by Crippen LogP contribution is -2.22. The molecule has 0 aliphatic rings. The van der Waals surface area contributed by atoms with Crippen LogP contribution >= 0.6 is 0 Å². The largest absolute Gasteiger partial charge is 0.372 e. The Morgan fingerprint density at radius 3 is 1.18 bits per heavy atom. The van der Waals surface area contributed by atoms with Crippen molar-refractivity contribution >= 4 is 35.6 Å². The second-order valence-electron chi connectivity index (χ2n) is 8.50. The highest BCUT2D eigenvalue weighted by molar-refractivity contribution is 5.96. The lowest BCUT2D eigenvalue weighted by Gasteiger charge is -2.20. The molecular weight excluding hydrogens is 476 g/mol. The first-order valence-electron chi connectivity index (χ1n) is 13.0. The first-order chi connectivity index (χ1) is 18.5. The molecule has 0 aromatic heterocycles. The lowest BCUT2D eigenvalue weighted by atomic mass is 10.1. The van der Waals surface area contributed by atoms with Crippen LogP contribution in [0, 0.1) is 0 Å². The van der Waals surface area contributed by atoms with Gasteiger partial charge in [-0.3, -0.25) is 9.59 Å². The molecule has 38 heavy (non-hydrogen) atoms. The van der Waals surface area contributed by atoms with Gasteiger partial charge in [0.1, 0.15) is 0 Å². The van der Waals surface area contributed by atoms with Crippen LogP contribution in [0.2, 0.25) is 0 Å². The quantitative estimate of drug-likeness (QED) is 0.267. The molecule has 3 rings (SSSR count). The Morgan fingerprint density at radius 1 is 0.579 bits per heavy atom. The van der Waals surface area contributed by atoms with Crippen molar-refractivity contribution in [1.29, 1.82) is 0 Å². The SMILES string of the molecule is CCN(CC)c1ccc(C(=O)N/N=C/c2ccc(/C=N/NC(=O)c3ccc(N(CC)CC)cc3)cc2)cc1. The molecule has 0 heterocycles. The van der Waals surface area contributed by atoms with Crippen molar-refractivity contribution in [3.8, 4) is 0 Å². The summed E-state index contributed by atoms with van der Waals surface area (Å²) in [5.74, 6) is -0.538. The van der Waals surface area contributed by atoms with E-state index < -0.39 is 0 Å². The van der Waals surface area contributed by atoms with Gasteiger partial charge in [0, 0.05) is 48.7 Å². The molecule has 3 aromatic rings. The summed E-state index contributed by atoms with van der Waals surface area (Å²) in [7, 11) is 0. The Morgan fingerprint density at radius 2 is 0.895 bits per heavy atom. The predicted molar refractivity (Wildman–Crippen MR) is 157 cm³/mol. The number of hydrazone groups is 2. The maximum absolute atomic E-state index is 12.4. The monoisotopic (exact) mass is 512 g/mol. The number of nitrogens with zero attached hydrogens (tertiary/aromatic N) is 4. The summed E-state index contributed by atoms with van der Waals surface area (Å²) in [5.41, 5.74) is 10.0. The standard InChI is InChI=1S/C30H36N6O2/c1-5-35(6-2)27-17-13-25(14-18-27)29(37)33-31-21-23-9-11-24(12-10-23)22-32-34-30(38)26-15-19-28(20-16-26)36(7-3)8-4/h9-22H,5-8H2,1-4H3,(H,33,37)(H,34,38)/b31-21+,32-22+. The van der Waals surface area contributed by atoms with Gasteiger partial charge >= 0.3 is 0 Å². The molecule has 0 saturated carbocycles. The van der Waals surface area contributed by atoms with Crippen LogP contribution in [0.4, 0.5) is 11.4 Å². The van der Waals surface area contributed by atoms with Gasteiger partial charge in [0.05, 0.1) is 12.4 Å². The van der Waals surface area contributed by atoms with Crippen LogP contribution in [0.15, 0.2) is 83.0 Å². The summed E-state index contributed by atoms with van der Waals surface area (Å²) in [5, 5.41) is 8.11. The third kappa shape index (κ3) is 7.77. The topological polar surface area (TPSA) is 89.4 Å². The Labute approximate surface area is 225 Å². The second-order valence-corrected chi connectivity index (χ2v) is 8.50. The van der Waals surface area contributed by atoms with E-state index in [-0.39, 0.29) is 11.8 Å². The number of hydrogen-bond donors (Lipinski definition) is 2. The summed E-state index contributed by atoms with van der Waals surface area (Å²) in [6, 6.07) is 22.4. The first-order valence-corrected chi connectivity index (χ1v) is 13.0. The number of rotatable bonds is 12. The molecule has 0 saturated heterocycles. The zero-order valence-corrected chi connectivity index (χ0v) is 22.5. The number of nitrogens with one attached hydrogen (secondary N) is 2. The van der Waals surface area contributed by atoms with Crippen molar-refractivity contribution in [1.82, 2.24) is 10.9 Å². The molecule has 0 aliphatic carbocycles. The van der Waals surface area contributed by atoms with E-state index in [4.69, 9.17) is 0 Å². The van der Waals surface area contributed by atoms with Gasteiger partial charge in [-0.1, -0.05) is 24.3 Å². The number of anilines is 2. The number of hydrogen-bond acceptors (Lipinski definition) is 6. The molecule has 8 nitrogen and oxygen atoms in total. The minimum absolute atomic E-state index is 0.269. The van der Waals surface area contributed by atoms with Crippen LogP contribution in [-0.4, -0.2) is 50.4 Å². The van der Waals surface area contributed by atoms with Crippen LogP contribution in [0.5, 0.6) is 0 Å². The summed E-state index contributed by atoms with van der Waals surface area (Å²) >= 11 is 0. The fourth-order valence-electron chi connectivity index (χ4n) is 3.95. The summed E-state index contributed by atoms with van der Waals surface area (Å²) in [6.07, 6.45) is 3.15. The van der Waals surface area contributed by atoms with E-state index in [0.717, 1.165) is 48.7 Å². The van der Waals surface area contributed by atoms with Gasteiger partial charge in [-0.2, -0.15) is 10.2 Å². The van der Waals surface area contributed by atoms with Gasteiger partial charge in [0.25, 0.3) is 11.8 Å². The summed E-state index contributed by atoms with van der Waals surface area (Å²) in [4.78, 5) is 29.2. The normalized spacial score (nSPS) is 11.1. The molecule has 198 valence electrons. The molecule has 8 heteroatoms. The van der Waals surface area contributed by atoms with Crippen molar-refractivity contribution in [3.05, 3.63) is 95.1 Å².